The minimum Gasteiger partial charge on any atom is -0.497 e. The van der Waals surface area contributed by atoms with Gasteiger partial charge in [0.1, 0.15) is 11.5 Å². The topological polar surface area (TPSA) is 71.8 Å². The van der Waals surface area contributed by atoms with Crippen LogP contribution in [0.25, 0.3) is 0 Å². The number of amides is 2. The average Bonchev–Trinajstić information content (AvgIpc) is 3.06. The number of anilines is 1. The predicted molar refractivity (Wildman–Crippen MR) is 86.2 cm³/mol. The fourth-order valence-electron chi connectivity index (χ4n) is 2.15. The number of ether oxygens (including phenoxy) is 1. The maximum Gasteiger partial charge on any atom is 0.223 e. The number of benzene rings is 1. The SMILES string of the molecule is COc1cccc(N(CCC(=O)NCc2ccco2)C(C)=O)c1. The molecule has 6 heteroatoms. The fourth-order valence-corrected chi connectivity index (χ4v) is 2.15. The van der Waals surface area contributed by atoms with Crippen LogP contribution < -0.4 is 15.0 Å². The number of methoxy groups -OCH3 is 1. The standard InChI is InChI=1S/C17H20N2O4/c1-13(20)19(14-5-3-6-15(11-14)22-2)9-8-17(21)18-12-16-7-4-10-23-16/h3-7,10-11H,8-9,12H2,1-2H3,(H,18,21). The monoisotopic (exact) mass is 316 g/mol. The zero-order chi connectivity index (χ0) is 16.7. The van der Waals surface area contributed by atoms with Crippen molar-refractivity contribution in [3.8, 4) is 5.75 Å². The summed E-state index contributed by atoms with van der Waals surface area (Å²) in [7, 11) is 1.57. The van der Waals surface area contributed by atoms with Gasteiger partial charge >= 0.3 is 0 Å². The van der Waals surface area contributed by atoms with Gasteiger partial charge < -0.3 is 19.4 Å². The molecule has 1 heterocycles. The maximum absolute atomic E-state index is 11.9. The van der Waals surface area contributed by atoms with Gasteiger partial charge in [-0.25, -0.2) is 0 Å². The number of rotatable bonds is 7. The third kappa shape index (κ3) is 4.88. The van der Waals surface area contributed by atoms with Gasteiger partial charge in [0.25, 0.3) is 0 Å². The number of nitrogens with one attached hydrogen (secondary N) is 1. The van der Waals surface area contributed by atoms with Crippen molar-refractivity contribution in [2.75, 3.05) is 18.6 Å². The van der Waals surface area contributed by atoms with E-state index in [0.29, 0.717) is 30.3 Å². The molecule has 0 aliphatic heterocycles. The van der Waals surface area contributed by atoms with Crippen molar-refractivity contribution in [2.24, 2.45) is 0 Å². The largest absolute Gasteiger partial charge is 0.497 e. The minimum atomic E-state index is -0.143. The molecular weight excluding hydrogens is 296 g/mol. The van der Waals surface area contributed by atoms with Gasteiger partial charge in [0.15, 0.2) is 0 Å². The molecule has 0 saturated heterocycles. The Labute approximate surface area is 135 Å². The van der Waals surface area contributed by atoms with E-state index in [0.717, 1.165) is 0 Å². The highest BCUT2D eigenvalue weighted by atomic mass is 16.5. The first kappa shape index (κ1) is 16.6. The first-order chi connectivity index (χ1) is 11.1. The predicted octanol–water partition coefficient (Wildman–Crippen LogP) is 2.35. The Hall–Kier alpha value is -2.76. The van der Waals surface area contributed by atoms with Crippen LogP contribution in [0.3, 0.4) is 0 Å². The second-order valence-corrected chi connectivity index (χ2v) is 4.98. The highest BCUT2D eigenvalue weighted by molar-refractivity contribution is 5.92. The Bertz CT molecular complexity index is 652. The molecule has 2 aromatic rings. The quantitative estimate of drug-likeness (QED) is 0.851. The molecule has 6 nitrogen and oxygen atoms in total. The Morgan fingerprint density at radius 1 is 1.26 bits per heavy atom. The second-order valence-electron chi connectivity index (χ2n) is 4.98. The molecule has 1 N–H and O–H groups in total. The molecule has 0 bridgehead atoms. The molecule has 2 amide bonds. The molecule has 0 aliphatic rings. The van der Waals surface area contributed by atoms with E-state index >= 15 is 0 Å². The first-order valence-corrected chi connectivity index (χ1v) is 7.31. The van der Waals surface area contributed by atoms with Crippen LogP contribution in [0, 0.1) is 0 Å². The van der Waals surface area contributed by atoms with Crippen LogP contribution in [-0.4, -0.2) is 25.5 Å². The fraction of sp³-hybridized carbons (Fsp3) is 0.294. The van der Waals surface area contributed by atoms with E-state index in [4.69, 9.17) is 9.15 Å². The van der Waals surface area contributed by atoms with Crippen LogP contribution in [0.4, 0.5) is 5.69 Å². The molecule has 0 radical (unpaired) electrons. The van der Waals surface area contributed by atoms with E-state index in [-0.39, 0.29) is 18.2 Å². The van der Waals surface area contributed by atoms with Crippen LogP contribution in [0.15, 0.2) is 47.1 Å². The molecule has 0 aliphatic carbocycles. The molecule has 0 unspecified atom stereocenters. The zero-order valence-electron chi connectivity index (χ0n) is 13.2. The molecule has 0 spiro atoms. The van der Waals surface area contributed by atoms with Gasteiger partial charge in [-0.3, -0.25) is 9.59 Å². The summed E-state index contributed by atoms with van der Waals surface area (Å²) in [5, 5.41) is 2.76. The lowest BCUT2D eigenvalue weighted by Gasteiger charge is -2.21. The second kappa shape index (κ2) is 8.03. The molecule has 2 rings (SSSR count). The van der Waals surface area contributed by atoms with Crippen LogP contribution in [-0.2, 0) is 16.1 Å². The Morgan fingerprint density at radius 3 is 2.74 bits per heavy atom. The van der Waals surface area contributed by atoms with Crippen LogP contribution in [0.1, 0.15) is 19.1 Å². The van der Waals surface area contributed by atoms with E-state index < -0.39 is 0 Å². The lowest BCUT2D eigenvalue weighted by atomic mass is 10.2. The van der Waals surface area contributed by atoms with Crippen molar-refractivity contribution in [3.63, 3.8) is 0 Å². The number of furan rings is 1. The normalized spacial score (nSPS) is 10.2. The average molecular weight is 316 g/mol. The number of hydrogen-bond acceptors (Lipinski definition) is 4. The summed E-state index contributed by atoms with van der Waals surface area (Å²) < 4.78 is 10.3. The van der Waals surface area contributed by atoms with Crippen molar-refractivity contribution in [1.29, 1.82) is 0 Å². The number of carbonyl (C=O) groups is 2. The first-order valence-electron chi connectivity index (χ1n) is 7.31. The van der Waals surface area contributed by atoms with Gasteiger partial charge in [0.2, 0.25) is 11.8 Å². The van der Waals surface area contributed by atoms with Gasteiger partial charge in [-0.2, -0.15) is 0 Å². The van der Waals surface area contributed by atoms with Crippen LogP contribution >= 0.6 is 0 Å². The van der Waals surface area contributed by atoms with Crippen LogP contribution in [0.5, 0.6) is 5.75 Å². The summed E-state index contributed by atoms with van der Waals surface area (Å²) >= 11 is 0. The maximum atomic E-state index is 11.9. The molecular formula is C17H20N2O4. The van der Waals surface area contributed by atoms with Crippen molar-refractivity contribution in [1.82, 2.24) is 5.32 Å². The molecule has 1 aromatic carbocycles. The summed E-state index contributed by atoms with van der Waals surface area (Å²) in [4.78, 5) is 25.3. The lowest BCUT2D eigenvalue weighted by Crippen LogP contribution is -2.33. The zero-order valence-corrected chi connectivity index (χ0v) is 13.2. The highest BCUT2D eigenvalue weighted by Gasteiger charge is 2.14. The summed E-state index contributed by atoms with van der Waals surface area (Å²) in [6.45, 7) is 2.11. The van der Waals surface area contributed by atoms with Crippen LogP contribution in [0.2, 0.25) is 0 Å². The molecule has 0 fully saturated rings. The van der Waals surface area contributed by atoms with Gasteiger partial charge in [0, 0.05) is 31.6 Å². The Morgan fingerprint density at radius 2 is 2.09 bits per heavy atom. The van der Waals surface area contributed by atoms with Crippen molar-refractivity contribution < 1.29 is 18.7 Å². The summed E-state index contributed by atoms with van der Waals surface area (Å²) in [5.41, 5.74) is 0.704. The van der Waals surface area contributed by atoms with E-state index in [1.54, 1.807) is 48.6 Å². The number of carbonyl (C=O) groups excluding carboxylic acids is 2. The molecule has 122 valence electrons. The van der Waals surface area contributed by atoms with Crippen molar-refractivity contribution >= 4 is 17.5 Å². The summed E-state index contributed by atoms with van der Waals surface area (Å²) in [6.07, 6.45) is 1.76. The van der Waals surface area contributed by atoms with Gasteiger partial charge in [-0.05, 0) is 24.3 Å². The van der Waals surface area contributed by atoms with E-state index in [9.17, 15) is 9.59 Å². The third-order valence-electron chi connectivity index (χ3n) is 3.35. The van der Waals surface area contributed by atoms with Crippen molar-refractivity contribution in [3.05, 3.63) is 48.4 Å². The molecule has 1 aromatic heterocycles. The lowest BCUT2D eigenvalue weighted by molar-refractivity contribution is -0.121. The Kier molecular flexibility index (Phi) is 5.80. The number of nitrogens with zero attached hydrogens (tertiary/aromatic N) is 1. The Balaban J connectivity index is 1.91. The number of hydrogen-bond donors (Lipinski definition) is 1. The van der Waals surface area contributed by atoms with Gasteiger partial charge in [0.05, 0.1) is 19.9 Å². The molecule has 0 saturated carbocycles. The smallest absolute Gasteiger partial charge is 0.223 e. The minimum absolute atomic E-state index is 0.128. The molecule has 23 heavy (non-hydrogen) atoms. The van der Waals surface area contributed by atoms with Gasteiger partial charge in [-0.1, -0.05) is 6.07 Å². The van der Waals surface area contributed by atoms with Crippen molar-refractivity contribution in [2.45, 2.75) is 19.9 Å². The summed E-state index contributed by atoms with van der Waals surface area (Å²) in [6, 6.07) is 10.7. The van der Waals surface area contributed by atoms with E-state index in [2.05, 4.69) is 5.32 Å². The summed E-state index contributed by atoms with van der Waals surface area (Å²) in [5.74, 6) is 1.08. The van der Waals surface area contributed by atoms with E-state index in [1.165, 1.54) is 6.92 Å². The van der Waals surface area contributed by atoms with Gasteiger partial charge in [-0.15, -0.1) is 0 Å². The third-order valence-corrected chi connectivity index (χ3v) is 3.35. The van der Waals surface area contributed by atoms with E-state index in [1.807, 2.05) is 6.07 Å². The molecule has 0 atom stereocenters. The highest BCUT2D eigenvalue weighted by Crippen LogP contribution is 2.21.